The molecule has 1 N–H and O–H groups in total. The van der Waals surface area contributed by atoms with Crippen LogP contribution in [0.4, 0.5) is 10.7 Å². The summed E-state index contributed by atoms with van der Waals surface area (Å²) in [6, 6.07) is 2.05. The van der Waals surface area contributed by atoms with Crippen molar-refractivity contribution < 1.29 is 9.53 Å². The number of carbonyl (C=O) groups is 1. The summed E-state index contributed by atoms with van der Waals surface area (Å²) in [6.45, 7) is 2.10. The number of anilines is 1. The second-order valence-corrected chi connectivity index (χ2v) is 6.31. The predicted octanol–water partition coefficient (Wildman–Crippen LogP) is 1.19. The summed E-state index contributed by atoms with van der Waals surface area (Å²) in [5.74, 6) is 0.630. The van der Waals surface area contributed by atoms with E-state index in [1.165, 1.54) is 0 Å². The van der Waals surface area contributed by atoms with Gasteiger partial charge in [-0.3, -0.25) is 0 Å². The van der Waals surface area contributed by atoms with Crippen molar-refractivity contribution in [2.24, 2.45) is 0 Å². The number of likely N-dealkylation sites (tertiary alicyclic amines) is 1. The first-order chi connectivity index (χ1) is 10.6. The zero-order valence-electron chi connectivity index (χ0n) is 13.2. The van der Waals surface area contributed by atoms with Gasteiger partial charge in [-0.1, -0.05) is 0 Å². The van der Waals surface area contributed by atoms with Gasteiger partial charge in [0, 0.05) is 39.5 Å². The molecule has 1 spiro atoms. The number of piperidine rings is 1. The lowest BCUT2D eigenvalue weighted by Gasteiger charge is -2.40. The molecule has 0 aromatic carbocycles. The van der Waals surface area contributed by atoms with Crippen LogP contribution in [0.1, 0.15) is 19.3 Å². The molecular formula is C15H23N5O2. The molecule has 7 nitrogen and oxygen atoms in total. The van der Waals surface area contributed by atoms with E-state index in [0.717, 1.165) is 25.8 Å². The first kappa shape index (κ1) is 15.0. The average molecular weight is 305 g/mol. The van der Waals surface area contributed by atoms with Crippen LogP contribution in [-0.4, -0.2) is 71.2 Å². The number of nitrogens with zero attached hydrogens (tertiary/aromatic N) is 4. The van der Waals surface area contributed by atoms with Crippen LogP contribution in [0.25, 0.3) is 0 Å². The molecule has 2 fully saturated rings. The van der Waals surface area contributed by atoms with Gasteiger partial charge in [-0.05, 0) is 18.9 Å². The van der Waals surface area contributed by atoms with Gasteiger partial charge in [0.1, 0.15) is 0 Å². The Kier molecular flexibility index (Phi) is 4.15. The number of hydrogen-bond acceptors (Lipinski definition) is 5. The van der Waals surface area contributed by atoms with Crippen LogP contribution in [0.3, 0.4) is 0 Å². The first-order valence-corrected chi connectivity index (χ1v) is 7.72. The van der Waals surface area contributed by atoms with Crippen LogP contribution >= 0.6 is 0 Å². The van der Waals surface area contributed by atoms with E-state index in [4.69, 9.17) is 4.74 Å². The van der Waals surface area contributed by atoms with Gasteiger partial charge in [-0.2, -0.15) is 0 Å². The van der Waals surface area contributed by atoms with E-state index >= 15 is 0 Å². The zero-order chi connectivity index (χ0) is 15.6. The SMILES string of the molecule is CN(C)C(=O)N1CCC[C@@]2(C[C@H](Nc3ncccn3)CO2)C1. The summed E-state index contributed by atoms with van der Waals surface area (Å²) < 4.78 is 6.10. The Morgan fingerprint density at radius 2 is 2.23 bits per heavy atom. The largest absolute Gasteiger partial charge is 0.371 e. The van der Waals surface area contributed by atoms with E-state index in [1.807, 2.05) is 4.90 Å². The highest BCUT2D eigenvalue weighted by atomic mass is 16.5. The molecule has 3 rings (SSSR count). The number of nitrogens with one attached hydrogen (secondary N) is 1. The fourth-order valence-electron chi connectivity index (χ4n) is 3.32. The number of aromatic nitrogens is 2. The number of hydrogen-bond donors (Lipinski definition) is 1. The molecule has 2 amide bonds. The van der Waals surface area contributed by atoms with Crippen LogP contribution < -0.4 is 5.32 Å². The second kappa shape index (κ2) is 6.08. The highest BCUT2D eigenvalue weighted by Crippen LogP contribution is 2.35. The Hall–Kier alpha value is -1.89. The molecule has 3 heterocycles. The van der Waals surface area contributed by atoms with Gasteiger partial charge in [0.05, 0.1) is 24.8 Å². The monoisotopic (exact) mass is 305 g/mol. The van der Waals surface area contributed by atoms with Crippen molar-refractivity contribution in [1.29, 1.82) is 0 Å². The second-order valence-electron chi connectivity index (χ2n) is 6.31. The van der Waals surface area contributed by atoms with Gasteiger partial charge in [-0.25, -0.2) is 14.8 Å². The van der Waals surface area contributed by atoms with E-state index in [2.05, 4.69) is 15.3 Å². The van der Waals surface area contributed by atoms with Crippen LogP contribution in [0.15, 0.2) is 18.5 Å². The molecule has 2 aliphatic rings. The smallest absolute Gasteiger partial charge is 0.319 e. The molecule has 2 saturated heterocycles. The third-order valence-electron chi connectivity index (χ3n) is 4.30. The van der Waals surface area contributed by atoms with E-state index in [0.29, 0.717) is 19.1 Å². The van der Waals surface area contributed by atoms with Crippen molar-refractivity contribution in [3.8, 4) is 0 Å². The van der Waals surface area contributed by atoms with Crippen LogP contribution in [0.5, 0.6) is 0 Å². The third kappa shape index (κ3) is 3.14. The standard InChI is InChI=1S/C15H23N5O2/c1-19(2)14(21)20-8-3-5-15(11-20)9-12(10-22-15)18-13-16-6-4-7-17-13/h4,6-7,12H,3,5,8-11H2,1-2H3,(H,16,17,18)/t12-,15+/m0/s1. The molecule has 7 heteroatoms. The maximum Gasteiger partial charge on any atom is 0.319 e. The number of urea groups is 1. The lowest BCUT2D eigenvalue weighted by molar-refractivity contribution is -0.0430. The predicted molar refractivity (Wildman–Crippen MR) is 82.6 cm³/mol. The quantitative estimate of drug-likeness (QED) is 0.889. The fourth-order valence-corrected chi connectivity index (χ4v) is 3.32. The summed E-state index contributed by atoms with van der Waals surface area (Å²) >= 11 is 0. The van der Waals surface area contributed by atoms with Crippen molar-refractivity contribution >= 4 is 12.0 Å². The van der Waals surface area contributed by atoms with Gasteiger partial charge in [0.25, 0.3) is 0 Å². The minimum absolute atomic E-state index is 0.0606. The normalized spacial score (nSPS) is 27.9. The highest BCUT2D eigenvalue weighted by molar-refractivity contribution is 5.74. The minimum Gasteiger partial charge on any atom is -0.371 e. The molecular weight excluding hydrogens is 282 g/mol. The molecule has 0 aliphatic carbocycles. The van der Waals surface area contributed by atoms with Crippen LogP contribution in [-0.2, 0) is 4.74 Å². The van der Waals surface area contributed by atoms with Crippen molar-refractivity contribution in [1.82, 2.24) is 19.8 Å². The molecule has 1 aromatic heterocycles. The zero-order valence-corrected chi connectivity index (χ0v) is 13.2. The van der Waals surface area contributed by atoms with Gasteiger partial charge in [0.15, 0.2) is 0 Å². The fraction of sp³-hybridized carbons (Fsp3) is 0.667. The maximum atomic E-state index is 12.2. The van der Waals surface area contributed by atoms with Crippen molar-refractivity contribution in [2.45, 2.75) is 30.9 Å². The van der Waals surface area contributed by atoms with Crippen molar-refractivity contribution in [2.75, 3.05) is 39.1 Å². The van der Waals surface area contributed by atoms with E-state index in [-0.39, 0.29) is 17.7 Å². The summed E-state index contributed by atoms with van der Waals surface area (Å²) in [5, 5.41) is 3.32. The Morgan fingerprint density at radius 1 is 1.45 bits per heavy atom. The van der Waals surface area contributed by atoms with Crippen LogP contribution in [0.2, 0.25) is 0 Å². The topological polar surface area (TPSA) is 70.6 Å². The van der Waals surface area contributed by atoms with Crippen LogP contribution in [0, 0.1) is 0 Å². The molecule has 0 bridgehead atoms. The van der Waals surface area contributed by atoms with E-state index < -0.39 is 0 Å². The van der Waals surface area contributed by atoms with Gasteiger partial charge in [0.2, 0.25) is 5.95 Å². The van der Waals surface area contributed by atoms with Crippen molar-refractivity contribution in [3.05, 3.63) is 18.5 Å². The Morgan fingerprint density at radius 3 is 2.95 bits per heavy atom. The number of amides is 2. The minimum atomic E-state index is -0.226. The molecule has 1 aromatic rings. The third-order valence-corrected chi connectivity index (χ3v) is 4.30. The van der Waals surface area contributed by atoms with E-state index in [1.54, 1.807) is 37.5 Å². The summed E-state index contributed by atoms with van der Waals surface area (Å²) in [5.41, 5.74) is -0.226. The van der Waals surface area contributed by atoms with Crippen molar-refractivity contribution in [3.63, 3.8) is 0 Å². The van der Waals surface area contributed by atoms with E-state index in [9.17, 15) is 4.79 Å². The van der Waals surface area contributed by atoms with Gasteiger partial charge >= 0.3 is 6.03 Å². The number of ether oxygens (including phenoxy) is 1. The molecule has 2 aliphatic heterocycles. The average Bonchev–Trinajstić information content (AvgIpc) is 2.89. The molecule has 0 unspecified atom stereocenters. The lowest BCUT2D eigenvalue weighted by atomic mass is 9.89. The summed E-state index contributed by atoms with van der Waals surface area (Å²) in [4.78, 5) is 24.1. The Balaban J connectivity index is 1.62. The number of carbonyl (C=O) groups excluding carboxylic acids is 1. The molecule has 120 valence electrons. The highest BCUT2D eigenvalue weighted by Gasteiger charge is 2.44. The summed E-state index contributed by atoms with van der Waals surface area (Å²) in [7, 11) is 3.58. The lowest BCUT2D eigenvalue weighted by Crippen LogP contribution is -2.52. The summed E-state index contributed by atoms with van der Waals surface area (Å²) in [6.07, 6.45) is 6.30. The maximum absolute atomic E-state index is 12.2. The Bertz CT molecular complexity index is 524. The molecule has 2 atom stereocenters. The molecule has 0 saturated carbocycles. The molecule has 0 radical (unpaired) electrons. The van der Waals surface area contributed by atoms with Gasteiger partial charge < -0.3 is 19.9 Å². The Labute approximate surface area is 130 Å². The first-order valence-electron chi connectivity index (χ1n) is 7.72. The number of rotatable bonds is 2. The molecule has 22 heavy (non-hydrogen) atoms. The van der Waals surface area contributed by atoms with Gasteiger partial charge in [-0.15, -0.1) is 0 Å².